The molecule has 1 amide bonds. The maximum Gasteiger partial charge on any atom is 0.287 e. The molecule has 1 heterocycles. The Morgan fingerprint density at radius 1 is 1.55 bits per heavy atom. The fraction of sp³-hybridized carbons (Fsp3) is 0.583. The van der Waals surface area contributed by atoms with Crippen LogP contribution < -0.4 is 16.2 Å². The summed E-state index contributed by atoms with van der Waals surface area (Å²) in [6.45, 7) is 4.02. The smallest absolute Gasteiger partial charge is 0.287 e. The van der Waals surface area contributed by atoms with Gasteiger partial charge in [0.05, 0.1) is 25.0 Å². The third-order valence-corrected chi connectivity index (χ3v) is 2.78. The Labute approximate surface area is 121 Å². The van der Waals surface area contributed by atoms with Crippen LogP contribution in [0.3, 0.4) is 0 Å². The first-order valence-corrected chi connectivity index (χ1v) is 6.73. The number of carbonyl (C=O) groups is 1. The molecule has 0 fully saturated rings. The summed E-state index contributed by atoms with van der Waals surface area (Å²) in [5.74, 6) is -0.0785. The van der Waals surface area contributed by atoms with Gasteiger partial charge >= 0.3 is 0 Å². The van der Waals surface area contributed by atoms with Crippen LogP contribution in [0.25, 0.3) is 0 Å². The molecule has 8 heteroatoms. The van der Waals surface area contributed by atoms with Crippen LogP contribution in [0, 0.1) is 0 Å². The average molecular weight is 303 g/mol. The summed E-state index contributed by atoms with van der Waals surface area (Å²) in [6, 6.07) is 0.0927. The predicted molar refractivity (Wildman–Crippen MR) is 77.0 cm³/mol. The molecule has 20 heavy (non-hydrogen) atoms. The first-order valence-electron chi connectivity index (χ1n) is 6.35. The van der Waals surface area contributed by atoms with E-state index in [2.05, 4.69) is 15.7 Å². The zero-order valence-electron chi connectivity index (χ0n) is 11.5. The predicted octanol–water partition coefficient (Wildman–Crippen LogP) is 0.216. The van der Waals surface area contributed by atoms with Crippen molar-refractivity contribution in [2.24, 2.45) is 0 Å². The van der Waals surface area contributed by atoms with Crippen LogP contribution in [-0.4, -0.2) is 40.0 Å². The van der Waals surface area contributed by atoms with Crippen molar-refractivity contribution in [3.05, 3.63) is 21.6 Å². The molecular weight excluding hydrogens is 284 g/mol. The maximum atomic E-state index is 11.8. The molecule has 0 saturated heterocycles. The lowest BCUT2D eigenvalue weighted by atomic mass is 10.3. The Balaban J connectivity index is 2.59. The fourth-order valence-corrected chi connectivity index (χ4v) is 1.76. The zero-order chi connectivity index (χ0) is 15.1. The van der Waals surface area contributed by atoms with Crippen LogP contribution in [-0.2, 0) is 11.3 Å². The van der Waals surface area contributed by atoms with Crippen LogP contribution in [0.2, 0.25) is 5.02 Å². The largest absolute Gasteiger partial charge is 0.394 e. The van der Waals surface area contributed by atoms with Gasteiger partial charge in [0.25, 0.3) is 5.56 Å². The summed E-state index contributed by atoms with van der Waals surface area (Å²) in [4.78, 5) is 23.2. The normalized spacial score (nSPS) is 10.7. The zero-order valence-corrected chi connectivity index (χ0v) is 12.3. The Morgan fingerprint density at radius 3 is 2.85 bits per heavy atom. The van der Waals surface area contributed by atoms with E-state index in [0.29, 0.717) is 12.2 Å². The number of carbonyl (C=O) groups excluding carboxylic acids is 1. The highest BCUT2D eigenvalue weighted by atomic mass is 35.5. The van der Waals surface area contributed by atoms with E-state index >= 15 is 0 Å². The minimum atomic E-state index is -0.475. The Kier molecular flexibility index (Phi) is 6.47. The number of nitrogens with zero attached hydrogens (tertiary/aromatic N) is 2. The van der Waals surface area contributed by atoms with Gasteiger partial charge in [-0.15, -0.1) is 0 Å². The number of aliphatic hydroxyl groups is 1. The number of anilines is 1. The number of amides is 1. The lowest BCUT2D eigenvalue weighted by Gasteiger charge is -2.11. The van der Waals surface area contributed by atoms with Gasteiger partial charge < -0.3 is 15.7 Å². The summed E-state index contributed by atoms with van der Waals surface area (Å²) in [5, 5.41) is 18.3. The van der Waals surface area contributed by atoms with Gasteiger partial charge in [0, 0.05) is 19.0 Å². The van der Waals surface area contributed by atoms with E-state index in [1.54, 1.807) is 0 Å². The van der Waals surface area contributed by atoms with Crippen molar-refractivity contribution in [1.82, 2.24) is 15.1 Å². The number of hydrogen-bond donors (Lipinski definition) is 3. The van der Waals surface area contributed by atoms with E-state index in [4.69, 9.17) is 16.7 Å². The van der Waals surface area contributed by atoms with Gasteiger partial charge in [-0.2, -0.15) is 5.10 Å². The summed E-state index contributed by atoms with van der Waals surface area (Å²) in [5.41, 5.74) is -0.0967. The van der Waals surface area contributed by atoms with E-state index in [1.165, 1.54) is 6.20 Å². The lowest BCUT2D eigenvalue weighted by Crippen LogP contribution is -2.31. The molecule has 0 saturated carbocycles. The molecule has 0 radical (unpaired) electrons. The summed E-state index contributed by atoms with van der Waals surface area (Å²) in [6.07, 6.45) is 1.67. The lowest BCUT2D eigenvalue weighted by molar-refractivity contribution is -0.121. The van der Waals surface area contributed by atoms with Crippen LogP contribution in [0.5, 0.6) is 0 Å². The van der Waals surface area contributed by atoms with E-state index in [-0.39, 0.29) is 36.5 Å². The van der Waals surface area contributed by atoms with Gasteiger partial charge in [0.1, 0.15) is 5.02 Å². The minimum absolute atomic E-state index is 0.00211. The number of aliphatic hydroxyl groups excluding tert-OH is 1. The standard InChI is InChI=1S/C12H19ClN4O3/c1-8(2)16-10(19)3-4-14-9-7-15-17(5-6-18)12(20)11(9)13/h7-8,14,18H,3-6H2,1-2H3,(H,16,19). The number of nitrogens with one attached hydrogen (secondary N) is 2. The third-order valence-electron chi connectivity index (χ3n) is 2.41. The average Bonchev–Trinajstić information content (AvgIpc) is 2.37. The quantitative estimate of drug-likeness (QED) is 0.669. The van der Waals surface area contributed by atoms with E-state index in [0.717, 1.165) is 4.68 Å². The van der Waals surface area contributed by atoms with Gasteiger partial charge in [-0.25, -0.2) is 4.68 Å². The Bertz CT molecular complexity index is 516. The first-order chi connectivity index (χ1) is 9.45. The highest BCUT2D eigenvalue weighted by molar-refractivity contribution is 6.32. The molecule has 112 valence electrons. The van der Waals surface area contributed by atoms with Crippen molar-refractivity contribution in [3.63, 3.8) is 0 Å². The molecule has 0 aromatic carbocycles. The highest BCUT2D eigenvalue weighted by Gasteiger charge is 2.09. The van der Waals surface area contributed by atoms with E-state index in [9.17, 15) is 9.59 Å². The molecule has 0 unspecified atom stereocenters. The summed E-state index contributed by atoms with van der Waals surface area (Å²) < 4.78 is 1.08. The molecule has 0 bridgehead atoms. The molecule has 7 nitrogen and oxygen atoms in total. The summed E-state index contributed by atoms with van der Waals surface area (Å²) in [7, 11) is 0. The molecule has 0 aliphatic heterocycles. The van der Waals surface area contributed by atoms with Crippen LogP contribution >= 0.6 is 11.6 Å². The van der Waals surface area contributed by atoms with Gasteiger partial charge in [0.2, 0.25) is 5.91 Å². The molecular formula is C12H19ClN4O3. The Morgan fingerprint density at radius 2 is 2.25 bits per heavy atom. The molecule has 0 atom stereocenters. The second-order valence-corrected chi connectivity index (χ2v) is 4.90. The molecule has 1 rings (SSSR count). The van der Waals surface area contributed by atoms with Gasteiger partial charge in [0.15, 0.2) is 0 Å². The molecule has 3 N–H and O–H groups in total. The second-order valence-electron chi connectivity index (χ2n) is 4.52. The van der Waals surface area contributed by atoms with Crippen molar-refractivity contribution in [2.45, 2.75) is 32.9 Å². The van der Waals surface area contributed by atoms with Crippen LogP contribution in [0.1, 0.15) is 20.3 Å². The van der Waals surface area contributed by atoms with Crippen LogP contribution in [0.15, 0.2) is 11.0 Å². The van der Waals surface area contributed by atoms with Crippen molar-refractivity contribution >= 4 is 23.2 Å². The van der Waals surface area contributed by atoms with Gasteiger partial charge in [-0.3, -0.25) is 9.59 Å². The van der Waals surface area contributed by atoms with Crippen molar-refractivity contribution in [1.29, 1.82) is 0 Å². The van der Waals surface area contributed by atoms with Gasteiger partial charge in [-0.05, 0) is 13.8 Å². The topological polar surface area (TPSA) is 96.2 Å². The van der Waals surface area contributed by atoms with Crippen LogP contribution in [0.4, 0.5) is 5.69 Å². The number of hydrogen-bond acceptors (Lipinski definition) is 5. The molecule has 0 aliphatic rings. The number of rotatable bonds is 7. The molecule has 0 aliphatic carbocycles. The molecule has 0 spiro atoms. The maximum absolute atomic E-state index is 11.8. The molecule has 1 aromatic heterocycles. The highest BCUT2D eigenvalue weighted by Crippen LogP contribution is 2.14. The fourth-order valence-electron chi connectivity index (χ4n) is 1.55. The molecule has 1 aromatic rings. The SMILES string of the molecule is CC(C)NC(=O)CCNc1cnn(CCO)c(=O)c1Cl. The third kappa shape index (κ3) is 4.82. The van der Waals surface area contributed by atoms with Crippen molar-refractivity contribution in [2.75, 3.05) is 18.5 Å². The second kappa shape index (κ2) is 7.86. The Hall–Kier alpha value is -1.60. The van der Waals surface area contributed by atoms with Crippen molar-refractivity contribution in [3.8, 4) is 0 Å². The number of aromatic nitrogens is 2. The van der Waals surface area contributed by atoms with E-state index < -0.39 is 5.56 Å². The summed E-state index contributed by atoms with van der Waals surface area (Å²) >= 11 is 5.92. The monoisotopic (exact) mass is 302 g/mol. The minimum Gasteiger partial charge on any atom is -0.394 e. The first kappa shape index (κ1) is 16.5. The van der Waals surface area contributed by atoms with Crippen molar-refractivity contribution < 1.29 is 9.90 Å². The van der Waals surface area contributed by atoms with E-state index in [1.807, 2.05) is 13.8 Å². The number of halogens is 1. The van der Waals surface area contributed by atoms with Gasteiger partial charge in [-0.1, -0.05) is 11.6 Å².